The molecule has 0 spiro atoms. The van der Waals surface area contributed by atoms with Crippen molar-refractivity contribution in [2.45, 2.75) is 31.6 Å². The highest BCUT2D eigenvalue weighted by Gasteiger charge is 2.31. The molecule has 8 heteroatoms. The second-order valence-electron chi connectivity index (χ2n) is 5.85. The third-order valence-electron chi connectivity index (χ3n) is 3.76. The lowest BCUT2D eigenvalue weighted by molar-refractivity contribution is -0.137. The van der Waals surface area contributed by atoms with Crippen molar-refractivity contribution in [2.24, 2.45) is 0 Å². The van der Waals surface area contributed by atoms with Crippen LogP contribution < -0.4 is 10.6 Å². The van der Waals surface area contributed by atoms with Crippen LogP contribution in [0.15, 0.2) is 36.5 Å². The summed E-state index contributed by atoms with van der Waals surface area (Å²) < 4.78 is 37.8. The van der Waals surface area contributed by atoms with Gasteiger partial charge >= 0.3 is 6.18 Å². The molecule has 0 unspecified atom stereocenters. The number of benzene rings is 1. The van der Waals surface area contributed by atoms with E-state index in [1.54, 1.807) is 24.3 Å². The van der Waals surface area contributed by atoms with Gasteiger partial charge in [0.1, 0.15) is 5.82 Å². The average Bonchev–Trinajstić information content (AvgIpc) is 3.37. The largest absolute Gasteiger partial charge is 0.417 e. The summed E-state index contributed by atoms with van der Waals surface area (Å²) in [6.45, 7) is 0.322. The Hall–Kier alpha value is -2.28. The molecular weight excluding hydrogens is 355 g/mol. The summed E-state index contributed by atoms with van der Waals surface area (Å²) in [6, 6.07) is 8.08. The molecule has 0 atom stereocenters. The van der Waals surface area contributed by atoms with Crippen LogP contribution >= 0.6 is 11.6 Å². The molecule has 4 nitrogen and oxygen atoms in total. The van der Waals surface area contributed by atoms with E-state index in [1.807, 2.05) is 0 Å². The summed E-state index contributed by atoms with van der Waals surface area (Å²) in [5, 5.41) is 5.68. The normalized spacial score (nSPS) is 14.2. The van der Waals surface area contributed by atoms with Crippen molar-refractivity contribution < 1.29 is 18.0 Å². The molecule has 25 heavy (non-hydrogen) atoms. The van der Waals surface area contributed by atoms with Gasteiger partial charge in [0, 0.05) is 24.3 Å². The molecular formula is C17H15ClF3N3O. The molecule has 3 rings (SSSR count). The van der Waals surface area contributed by atoms with Crippen LogP contribution in [0, 0.1) is 0 Å². The Morgan fingerprint density at radius 2 is 1.92 bits per heavy atom. The fraction of sp³-hybridized carbons (Fsp3) is 0.294. The van der Waals surface area contributed by atoms with Crippen molar-refractivity contribution in [3.05, 3.63) is 58.2 Å². The van der Waals surface area contributed by atoms with E-state index < -0.39 is 11.7 Å². The van der Waals surface area contributed by atoms with Gasteiger partial charge in [-0.1, -0.05) is 23.7 Å². The van der Waals surface area contributed by atoms with Crippen LogP contribution in [0.25, 0.3) is 0 Å². The third kappa shape index (κ3) is 4.63. The molecule has 2 N–H and O–H groups in total. The van der Waals surface area contributed by atoms with Crippen LogP contribution in [0.4, 0.5) is 19.0 Å². The maximum atomic E-state index is 12.6. The quantitative estimate of drug-likeness (QED) is 0.828. The van der Waals surface area contributed by atoms with Crippen molar-refractivity contribution in [3.63, 3.8) is 0 Å². The molecule has 1 fully saturated rings. The van der Waals surface area contributed by atoms with Gasteiger partial charge in [0.05, 0.1) is 10.6 Å². The van der Waals surface area contributed by atoms with Crippen LogP contribution in [0.5, 0.6) is 0 Å². The van der Waals surface area contributed by atoms with E-state index in [1.165, 1.54) is 0 Å². The smallest absolute Gasteiger partial charge is 0.365 e. The SMILES string of the molecule is O=C(NC1CC1)c1ccc(CNc2ncc(C(F)(F)F)cc2Cl)cc1. The fourth-order valence-corrected chi connectivity index (χ4v) is 2.41. The number of carbonyl (C=O) groups excluding carboxylic acids is 1. The van der Waals surface area contributed by atoms with Crippen molar-refractivity contribution in [1.82, 2.24) is 10.3 Å². The maximum absolute atomic E-state index is 12.6. The van der Waals surface area contributed by atoms with Crippen molar-refractivity contribution >= 4 is 23.3 Å². The Labute approximate surface area is 147 Å². The molecule has 1 aliphatic carbocycles. The lowest BCUT2D eigenvalue weighted by Crippen LogP contribution is -2.25. The molecule has 0 bridgehead atoms. The Balaban J connectivity index is 1.60. The fourth-order valence-electron chi connectivity index (χ4n) is 2.18. The van der Waals surface area contributed by atoms with E-state index in [9.17, 15) is 18.0 Å². The van der Waals surface area contributed by atoms with Gasteiger partial charge in [0.15, 0.2) is 0 Å². The summed E-state index contributed by atoms with van der Waals surface area (Å²) in [4.78, 5) is 15.6. The number of carbonyl (C=O) groups is 1. The molecule has 1 amide bonds. The van der Waals surface area contributed by atoms with E-state index >= 15 is 0 Å². The van der Waals surface area contributed by atoms with E-state index in [-0.39, 0.29) is 16.7 Å². The average molecular weight is 370 g/mol. The molecule has 0 radical (unpaired) electrons. The van der Waals surface area contributed by atoms with Gasteiger partial charge in [0.25, 0.3) is 5.91 Å². The molecule has 2 aromatic rings. The van der Waals surface area contributed by atoms with Crippen molar-refractivity contribution in [1.29, 1.82) is 0 Å². The summed E-state index contributed by atoms with van der Waals surface area (Å²) in [5.41, 5.74) is 0.524. The number of pyridine rings is 1. The van der Waals surface area contributed by atoms with Crippen molar-refractivity contribution in [2.75, 3.05) is 5.32 Å². The Bertz CT molecular complexity index is 774. The summed E-state index contributed by atoms with van der Waals surface area (Å²) in [7, 11) is 0. The molecule has 1 heterocycles. The minimum atomic E-state index is -4.48. The Morgan fingerprint density at radius 3 is 2.48 bits per heavy atom. The number of halogens is 4. The first-order valence-corrected chi connectivity index (χ1v) is 8.07. The number of rotatable bonds is 5. The summed E-state index contributed by atoms with van der Waals surface area (Å²) in [6.07, 6.45) is -1.70. The Morgan fingerprint density at radius 1 is 1.24 bits per heavy atom. The number of hydrogen-bond acceptors (Lipinski definition) is 3. The second kappa shape index (κ2) is 6.92. The van der Waals surface area contributed by atoms with Gasteiger partial charge in [-0.3, -0.25) is 4.79 Å². The second-order valence-corrected chi connectivity index (χ2v) is 6.26. The standard InChI is InChI=1S/C17H15ClF3N3O/c18-14-7-12(17(19,20)21)9-23-15(14)22-8-10-1-3-11(4-2-10)16(25)24-13-5-6-13/h1-4,7,9,13H,5-6,8H2,(H,22,23)(H,24,25). The predicted octanol–water partition coefficient (Wildman–Crippen LogP) is 4.26. The molecule has 0 aliphatic heterocycles. The minimum absolute atomic E-state index is 0.102. The minimum Gasteiger partial charge on any atom is -0.365 e. The lowest BCUT2D eigenvalue weighted by Gasteiger charge is -2.11. The van der Waals surface area contributed by atoms with E-state index in [2.05, 4.69) is 15.6 Å². The monoisotopic (exact) mass is 369 g/mol. The number of alkyl halides is 3. The van der Waals surface area contributed by atoms with Gasteiger partial charge in [-0.15, -0.1) is 0 Å². The highest BCUT2D eigenvalue weighted by molar-refractivity contribution is 6.32. The van der Waals surface area contributed by atoms with E-state index in [4.69, 9.17) is 11.6 Å². The van der Waals surface area contributed by atoms with Gasteiger partial charge in [-0.25, -0.2) is 4.98 Å². The van der Waals surface area contributed by atoms with Crippen molar-refractivity contribution in [3.8, 4) is 0 Å². The van der Waals surface area contributed by atoms with E-state index in [0.717, 1.165) is 30.7 Å². The van der Waals surface area contributed by atoms with Gasteiger partial charge in [-0.05, 0) is 36.6 Å². The third-order valence-corrected chi connectivity index (χ3v) is 4.05. The van der Waals surface area contributed by atoms with Crippen LogP contribution in [-0.4, -0.2) is 16.9 Å². The number of nitrogens with one attached hydrogen (secondary N) is 2. The Kier molecular flexibility index (Phi) is 4.85. The zero-order valence-corrected chi connectivity index (χ0v) is 13.8. The zero-order chi connectivity index (χ0) is 18.0. The number of aromatic nitrogens is 1. The topological polar surface area (TPSA) is 54.0 Å². The molecule has 1 aromatic carbocycles. The van der Waals surface area contributed by atoms with Gasteiger partial charge in [-0.2, -0.15) is 13.2 Å². The van der Waals surface area contributed by atoms with E-state index in [0.29, 0.717) is 18.2 Å². The van der Waals surface area contributed by atoms with Gasteiger partial charge < -0.3 is 10.6 Å². The van der Waals surface area contributed by atoms with Gasteiger partial charge in [0.2, 0.25) is 0 Å². The number of hydrogen-bond donors (Lipinski definition) is 2. The molecule has 1 saturated carbocycles. The van der Waals surface area contributed by atoms with Crippen LogP contribution in [0.1, 0.15) is 34.3 Å². The molecule has 1 aliphatic rings. The number of anilines is 1. The number of amides is 1. The van der Waals surface area contributed by atoms with Crippen LogP contribution in [0.2, 0.25) is 5.02 Å². The first-order chi connectivity index (χ1) is 11.8. The zero-order valence-electron chi connectivity index (χ0n) is 13.0. The molecule has 0 saturated heterocycles. The molecule has 132 valence electrons. The summed E-state index contributed by atoms with van der Waals surface area (Å²) in [5.74, 6) is 0.0691. The number of nitrogens with zero attached hydrogens (tertiary/aromatic N) is 1. The lowest BCUT2D eigenvalue weighted by atomic mass is 10.1. The first-order valence-electron chi connectivity index (χ1n) is 7.69. The van der Waals surface area contributed by atoms with Crippen LogP contribution in [0.3, 0.4) is 0 Å². The highest BCUT2D eigenvalue weighted by Crippen LogP contribution is 2.32. The predicted molar refractivity (Wildman–Crippen MR) is 88.5 cm³/mol. The summed E-state index contributed by atoms with van der Waals surface area (Å²) >= 11 is 5.84. The first kappa shape index (κ1) is 17.5. The maximum Gasteiger partial charge on any atom is 0.417 e. The highest BCUT2D eigenvalue weighted by atomic mass is 35.5. The molecule has 1 aromatic heterocycles. The van der Waals surface area contributed by atoms with Crippen LogP contribution in [-0.2, 0) is 12.7 Å².